The number of benzene rings is 2. The molecule has 2 aromatic carbocycles. The SMILES string of the molecule is N#Cc1nc(NC(=O)c2ccc(Oc3cccc(F)c3)cc2)[nH]c1C#N. The van der Waals surface area contributed by atoms with Gasteiger partial charge in [-0.05, 0) is 36.4 Å². The van der Waals surface area contributed by atoms with E-state index in [1.54, 1.807) is 30.3 Å². The van der Waals surface area contributed by atoms with E-state index in [1.807, 2.05) is 0 Å². The van der Waals surface area contributed by atoms with Gasteiger partial charge in [0.2, 0.25) is 5.95 Å². The number of halogens is 1. The van der Waals surface area contributed by atoms with Gasteiger partial charge < -0.3 is 9.72 Å². The maximum absolute atomic E-state index is 13.1. The Morgan fingerprint density at radius 1 is 1.12 bits per heavy atom. The molecule has 0 aliphatic heterocycles. The van der Waals surface area contributed by atoms with Crippen LogP contribution < -0.4 is 10.1 Å². The van der Waals surface area contributed by atoms with Crippen LogP contribution in [0.15, 0.2) is 48.5 Å². The summed E-state index contributed by atoms with van der Waals surface area (Å²) in [5.41, 5.74) is 0.188. The average molecular weight is 347 g/mol. The summed E-state index contributed by atoms with van der Waals surface area (Å²) in [6, 6.07) is 15.4. The van der Waals surface area contributed by atoms with Gasteiger partial charge >= 0.3 is 0 Å². The monoisotopic (exact) mass is 347 g/mol. The van der Waals surface area contributed by atoms with Crippen molar-refractivity contribution in [3.8, 4) is 23.6 Å². The van der Waals surface area contributed by atoms with E-state index in [4.69, 9.17) is 15.3 Å². The van der Waals surface area contributed by atoms with Crippen LogP contribution in [-0.4, -0.2) is 15.9 Å². The highest BCUT2D eigenvalue weighted by Crippen LogP contribution is 2.22. The second-order valence-electron chi connectivity index (χ2n) is 5.07. The summed E-state index contributed by atoms with van der Waals surface area (Å²) >= 11 is 0. The quantitative estimate of drug-likeness (QED) is 0.751. The lowest BCUT2D eigenvalue weighted by molar-refractivity contribution is 0.102. The van der Waals surface area contributed by atoms with Crippen molar-refractivity contribution in [2.75, 3.05) is 5.32 Å². The van der Waals surface area contributed by atoms with Crippen LogP contribution in [0.25, 0.3) is 0 Å². The molecule has 126 valence electrons. The molecule has 0 bridgehead atoms. The summed E-state index contributed by atoms with van der Waals surface area (Å²) < 4.78 is 18.6. The van der Waals surface area contributed by atoms with E-state index in [0.29, 0.717) is 17.1 Å². The molecule has 0 aliphatic rings. The number of nitrogens with zero attached hydrogens (tertiary/aromatic N) is 3. The van der Waals surface area contributed by atoms with Crippen LogP contribution >= 0.6 is 0 Å². The summed E-state index contributed by atoms with van der Waals surface area (Å²) in [6.07, 6.45) is 0. The minimum Gasteiger partial charge on any atom is -0.457 e. The predicted octanol–water partition coefficient (Wildman–Crippen LogP) is 3.34. The molecular formula is C18H10FN5O2. The van der Waals surface area contributed by atoms with E-state index in [-0.39, 0.29) is 17.3 Å². The molecule has 1 aromatic heterocycles. The van der Waals surface area contributed by atoms with Crippen LogP contribution in [0.3, 0.4) is 0 Å². The molecule has 2 N–H and O–H groups in total. The molecule has 0 atom stereocenters. The predicted molar refractivity (Wildman–Crippen MR) is 88.9 cm³/mol. The lowest BCUT2D eigenvalue weighted by Crippen LogP contribution is -2.12. The summed E-state index contributed by atoms with van der Waals surface area (Å²) in [6.45, 7) is 0. The van der Waals surface area contributed by atoms with Gasteiger partial charge in [-0.2, -0.15) is 10.5 Å². The van der Waals surface area contributed by atoms with Gasteiger partial charge in [-0.25, -0.2) is 9.37 Å². The summed E-state index contributed by atoms with van der Waals surface area (Å²) in [7, 11) is 0. The molecule has 0 saturated heterocycles. The van der Waals surface area contributed by atoms with E-state index >= 15 is 0 Å². The molecule has 0 fully saturated rings. The molecule has 0 aliphatic carbocycles. The summed E-state index contributed by atoms with van der Waals surface area (Å²) in [4.78, 5) is 18.6. The number of aromatic amines is 1. The smallest absolute Gasteiger partial charge is 0.257 e. The van der Waals surface area contributed by atoms with Gasteiger partial charge in [0.15, 0.2) is 11.4 Å². The van der Waals surface area contributed by atoms with Crippen LogP contribution in [0.2, 0.25) is 0 Å². The molecule has 1 amide bonds. The number of anilines is 1. The number of hydrogen-bond donors (Lipinski definition) is 2. The third-order valence-corrected chi connectivity index (χ3v) is 3.30. The van der Waals surface area contributed by atoms with Crippen molar-refractivity contribution in [3.05, 3.63) is 71.3 Å². The fraction of sp³-hybridized carbons (Fsp3) is 0. The number of rotatable bonds is 4. The number of imidazole rings is 1. The Morgan fingerprint density at radius 2 is 1.88 bits per heavy atom. The first-order valence-electron chi connectivity index (χ1n) is 7.34. The van der Waals surface area contributed by atoms with E-state index in [1.165, 1.54) is 30.3 Å². The Labute approximate surface area is 147 Å². The van der Waals surface area contributed by atoms with Crippen molar-refractivity contribution in [1.29, 1.82) is 10.5 Å². The molecule has 0 radical (unpaired) electrons. The maximum Gasteiger partial charge on any atom is 0.257 e. The van der Waals surface area contributed by atoms with E-state index < -0.39 is 11.7 Å². The zero-order chi connectivity index (χ0) is 18.5. The molecule has 3 aromatic rings. The fourth-order valence-corrected chi connectivity index (χ4v) is 2.11. The zero-order valence-corrected chi connectivity index (χ0v) is 13.2. The lowest BCUT2D eigenvalue weighted by atomic mass is 10.2. The Kier molecular flexibility index (Phi) is 4.59. The van der Waals surface area contributed by atoms with Crippen molar-refractivity contribution < 1.29 is 13.9 Å². The highest BCUT2D eigenvalue weighted by atomic mass is 19.1. The number of amides is 1. The van der Waals surface area contributed by atoms with Crippen LogP contribution in [0.5, 0.6) is 11.5 Å². The van der Waals surface area contributed by atoms with E-state index in [9.17, 15) is 9.18 Å². The number of carbonyl (C=O) groups is 1. The summed E-state index contributed by atoms with van der Waals surface area (Å²) in [5.74, 6) is -0.117. The topological polar surface area (TPSA) is 115 Å². The van der Waals surface area contributed by atoms with Crippen LogP contribution in [0, 0.1) is 28.5 Å². The fourth-order valence-electron chi connectivity index (χ4n) is 2.11. The van der Waals surface area contributed by atoms with Crippen molar-refractivity contribution >= 4 is 11.9 Å². The first kappa shape index (κ1) is 16.7. The third kappa shape index (κ3) is 3.66. The molecule has 7 nitrogen and oxygen atoms in total. The molecule has 1 heterocycles. The molecule has 0 saturated carbocycles. The van der Waals surface area contributed by atoms with Gasteiger partial charge in [0.05, 0.1) is 0 Å². The number of aromatic nitrogens is 2. The van der Waals surface area contributed by atoms with E-state index in [2.05, 4.69) is 15.3 Å². The second kappa shape index (κ2) is 7.16. The highest BCUT2D eigenvalue weighted by Gasteiger charge is 2.13. The number of ether oxygens (including phenoxy) is 1. The normalized spacial score (nSPS) is 9.81. The number of hydrogen-bond acceptors (Lipinski definition) is 5. The Hall–Kier alpha value is -4.17. The van der Waals surface area contributed by atoms with Crippen molar-refractivity contribution in [3.63, 3.8) is 0 Å². The van der Waals surface area contributed by atoms with Gasteiger partial charge in [-0.1, -0.05) is 6.07 Å². The van der Waals surface area contributed by atoms with Crippen molar-refractivity contribution in [1.82, 2.24) is 9.97 Å². The van der Waals surface area contributed by atoms with Crippen LogP contribution in [0.4, 0.5) is 10.3 Å². The molecule has 8 heteroatoms. The van der Waals surface area contributed by atoms with Gasteiger partial charge in [0.1, 0.15) is 29.5 Å². The van der Waals surface area contributed by atoms with Crippen LogP contribution in [0.1, 0.15) is 21.7 Å². The van der Waals surface area contributed by atoms with Gasteiger partial charge in [0.25, 0.3) is 5.91 Å². The van der Waals surface area contributed by atoms with Gasteiger partial charge in [-0.15, -0.1) is 0 Å². The van der Waals surface area contributed by atoms with Crippen LogP contribution in [-0.2, 0) is 0 Å². The molecule has 0 unspecified atom stereocenters. The summed E-state index contributed by atoms with van der Waals surface area (Å²) in [5, 5.41) is 20.2. The molecule has 0 spiro atoms. The maximum atomic E-state index is 13.1. The minimum atomic E-state index is -0.481. The van der Waals surface area contributed by atoms with Gasteiger partial charge in [0, 0.05) is 11.6 Å². The van der Waals surface area contributed by atoms with Gasteiger partial charge in [-0.3, -0.25) is 10.1 Å². The third-order valence-electron chi connectivity index (χ3n) is 3.30. The zero-order valence-electron chi connectivity index (χ0n) is 13.2. The molecule has 26 heavy (non-hydrogen) atoms. The lowest BCUT2D eigenvalue weighted by Gasteiger charge is -2.07. The molecular weight excluding hydrogens is 337 g/mol. The number of nitrogens with one attached hydrogen (secondary N) is 2. The Bertz CT molecular complexity index is 1010. The average Bonchev–Trinajstić information content (AvgIpc) is 3.04. The minimum absolute atomic E-state index is 0.00295. The highest BCUT2D eigenvalue weighted by molar-refractivity contribution is 6.03. The van der Waals surface area contributed by atoms with Crippen molar-refractivity contribution in [2.45, 2.75) is 0 Å². The van der Waals surface area contributed by atoms with Crippen molar-refractivity contribution in [2.24, 2.45) is 0 Å². The number of carbonyl (C=O) groups excluding carboxylic acids is 1. The Balaban J connectivity index is 1.70. The Morgan fingerprint density at radius 3 is 2.50 bits per heavy atom. The van der Waals surface area contributed by atoms with E-state index in [0.717, 1.165) is 0 Å². The second-order valence-corrected chi connectivity index (χ2v) is 5.07. The first-order valence-corrected chi connectivity index (χ1v) is 7.34. The molecule has 3 rings (SSSR count). The first-order chi connectivity index (χ1) is 12.6. The standard InChI is InChI=1S/C18H10FN5O2/c19-12-2-1-3-14(8-12)26-13-6-4-11(5-7-13)17(25)24-18-22-15(9-20)16(10-21)23-18/h1-8H,(H2,22,23,24,25). The largest absolute Gasteiger partial charge is 0.457 e. The number of H-pyrrole nitrogens is 1. The number of nitriles is 2.